The minimum Gasteiger partial charge on any atom is -0.497 e. The molecule has 1 aromatic rings. The molecule has 1 aliphatic rings. The Morgan fingerprint density at radius 2 is 1.96 bits per heavy atom. The van der Waals surface area contributed by atoms with Crippen LogP contribution in [0.3, 0.4) is 0 Å². The summed E-state index contributed by atoms with van der Waals surface area (Å²) in [7, 11) is -1.41. The third kappa shape index (κ3) is 5.02. The van der Waals surface area contributed by atoms with Crippen LogP contribution in [0.1, 0.15) is 13.3 Å². The molecule has 24 heavy (non-hydrogen) atoms. The molecular weight excluding hydrogens is 332 g/mol. The monoisotopic (exact) mass is 356 g/mol. The highest BCUT2D eigenvalue weighted by molar-refractivity contribution is 7.91. The number of benzene rings is 1. The van der Waals surface area contributed by atoms with Crippen LogP contribution in [0.4, 0.5) is 4.79 Å². The third-order valence-electron chi connectivity index (χ3n) is 3.96. The molecule has 1 N–H and O–H groups in total. The first kappa shape index (κ1) is 18.4. The Hall–Kier alpha value is -1.96. The molecule has 7 nitrogen and oxygen atoms in total. The summed E-state index contributed by atoms with van der Waals surface area (Å²) < 4.78 is 33.7. The average molecular weight is 356 g/mol. The topological polar surface area (TPSA) is 84.9 Å². The molecule has 1 heterocycles. The Labute approximate surface area is 142 Å². The standard InChI is InChI=1S/C16H24N2O5S/c1-3-18(13-8-11-24(20,21)12-13)16(19)17-9-10-23-15-6-4-14(22-2)5-7-15/h4-7,13H,3,8-12H2,1-2H3,(H,17,19). The van der Waals surface area contributed by atoms with Gasteiger partial charge >= 0.3 is 6.03 Å². The molecular formula is C16H24N2O5S. The highest BCUT2D eigenvalue weighted by Gasteiger charge is 2.33. The molecule has 0 bridgehead atoms. The Bertz CT molecular complexity index is 645. The number of methoxy groups -OCH3 is 1. The molecule has 1 unspecified atom stereocenters. The number of amides is 2. The summed E-state index contributed by atoms with van der Waals surface area (Å²) in [6, 6.07) is 6.70. The Kier molecular flexibility index (Phi) is 6.30. The first-order chi connectivity index (χ1) is 11.4. The quantitative estimate of drug-likeness (QED) is 0.744. The zero-order chi connectivity index (χ0) is 17.6. The summed E-state index contributed by atoms with van der Waals surface area (Å²) in [4.78, 5) is 13.8. The SMILES string of the molecule is CCN(C(=O)NCCOc1ccc(OC)cc1)C1CCS(=O)(=O)C1. The second kappa shape index (κ2) is 8.23. The number of rotatable bonds is 7. The van der Waals surface area contributed by atoms with Crippen LogP contribution in [0.2, 0.25) is 0 Å². The summed E-state index contributed by atoms with van der Waals surface area (Å²) in [5.74, 6) is 1.65. The third-order valence-corrected chi connectivity index (χ3v) is 5.71. The molecule has 1 saturated heterocycles. The van der Waals surface area contributed by atoms with Gasteiger partial charge in [0.15, 0.2) is 9.84 Å². The molecule has 8 heteroatoms. The van der Waals surface area contributed by atoms with Crippen LogP contribution in [-0.4, -0.2) is 63.7 Å². The number of hydrogen-bond donors (Lipinski definition) is 1. The zero-order valence-electron chi connectivity index (χ0n) is 14.0. The molecule has 2 rings (SSSR count). The molecule has 0 aromatic heterocycles. The van der Waals surface area contributed by atoms with Crippen LogP contribution >= 0.6 is 0 Å². The predicted octanol–water partition coefficient (Wildman–Crippen LogP) is 1.29. The minimum absolute atomic E-state index is 0.0522. The number of hydrogen-bond acceptors (Lipinski definition) is 5. The Morgan fingerprint density at radius 1 is 1.29 bits per heavy atom. The van der Waals surface area contributed by atoms with Crippen molar-refractivity contribution in [3.63, 3.8) is 0 Å². The molecule has 1 aromatic carbocycles. The van der Waals surface area contributed by atoms with E-state index in [4.69, 9.17) is 9.47 Å². The number of nitrogens with zero attached hydrogens (tertiary/aromatic N) is 1. The smallest absolute Gasteiger partial charge is 0.317 e. The molecule has 134 valence electrons. The van der Waals surface area contributed by atoms with Crippen LogP contribution in [0.15, 0.2) is 24.3 Å². The van der Waals surface area contributed by atoms with E-state index in [1.54, 1.807) is 36.3 Å². The van der Waals surface area contributed by atoms with Gasteiger partial charge in [-0.3, -0.25) is 0 Å². The summed E-state index contributed by atoms with van der Waals surface area (Å²) in [5, 5.41) is 2.77. The summed E-state index contributed by atoms with van der Waals surface area (Å²) in [6.07, 6.45) is 0.506. The van der Waals surface area contributed by atoms with E-state index in [0.717, 1.165) is 5.75 Å². The van der Waals surface area contributed by atoms with Crippen molar-refractivity contribution in [1.29, 1.82) is 0 Å². The summed E-state index contributed by atoms with van der Waals surface area (Å²) >= 11 is 0. The highest BCUT2D eigenvalue weighted by Crippen LogP contribution is 2.18. The maximum atomic E-state index is 12.2. The van der Waals surface area contributed by atoms with E-state index < -0.39 is 9.84 Å². The van der Waals surface area contributed by atoms with Crippen molar-refractivity contribution >= 4 is 15.9 Å². The maximum absolute atomic E-state index is 12.2. The van der Waals surface area contributed by atoms with Crippen molar-refractivity contribution in [2.24, 2.45) is 0 Å². The lowest BCUT2D eigenvalue weighted by molar-refractivity contribution is 0.181. The fourth-order valence-corrected chi connectivity index (χ4v) is 4.42. The van der Waals surface area contributed by atoms with Gasteiger partial charge in [0.05, 0.1) is 25.2 Å². The van der Waals surface area contributed by atoms with Crippen molar-refractivity contribution in [3.05, 3.63) is 24.3 Å². The maximum Gasteiger partial charge on any atom is 0.317 e. The molecule has 0 aliphatic carbocycles. The number of carbonyl (C=O) groups excluding carboxylic acids is 1. The van der Waals surface area contributed by atoms with Gasteiger partial charge in [-0.15, -0.1) is 0 Å². The van der Waals surface area contributed by atoms with Gasteiger partial charge in [0.2, 0.25) is 0 Å². The second-order valence-corrected chi connectivity index (χ2v) is 7.83. The van der Waals surface area contributed by atoms with E-state index in [0.29, 0.717) is 31.9 Å². The van der Waals surface area contributed by atoms with Crippen molar-refractivity contribution in [2.75, 3.05) is 38.3 Å². The molecule has 1 fully saturated rings. The van der Waals surface area contributed by atoms with E-state index in [-0.39, 0.29) is 23.6 Å². The Morgan fingerprint density at radius 3 is 2.50 bits per heavy atom. The molecule has 0 spiro atoms. The van der Waals surface area contributed by atoms with Crippen molar-refractivity contribution in [2.45, 2.75) is 19.4 Å². The van der Waals surface area contributed by atoms with Crippen molar-refractivity contribution < 1.29 is 22.7 Å². The van der Waals surface area contributed by atoms with E-state index >= 15 is 0 Å². The minimum atomic E-state index is -3.01. The number of sulfone groups is 1. The average Bonchev–Trinajstić information content (AvgIpc) is 2.92. The molecule has 1 atom stereocenters. The van der Waals surface area contributed by atoms with Crippen molar-refractivity contribution in [3.8, 4) is 11.5 Å². The van der Waals surface area contributed by atoms with Crippen LogP contribution in [0.25, 0.3) is 0 Å². The highest BCUT2D eigenvalue weighted by atomic mass is 32.2. The van der Waals surface area contributed by atoms with Crippen LogP contribution in [0.5, 0.6) is 11.5 Å². The van der Waals surface area contributed by atoms with Gasteiger partial charge < -0.3 is 19.7 Å². The number of nitrogens with one attached hydrogen (secondary N) is 1. The normalized spacial score (nSPS) is 18.8. The van der Waals surface area contributed by atoms with Gasteiger partial charge in [-0.05, 0) is 37.6 Å². The fourth-order valence-electron chi connectivity index (χ4n) is 2.69. The van der Waals surface area contributed by atoms with E-state index in [9.17, 15) is 13.2 Å². The zero-order valence-corrected chi connectivity index (χ0v) is 14.8. The van der Waals surface area contributed by atoms with E-state index in [2.05, 4.69) is 5.32 Å². The van der Waals surface area contributed by atoms with Crippen LogP contribution in [0, 0.1) is 0 Å². The summed E-state index contributed by atoms with van der Waals surface area (Å²) in [6.45, 7) is 3.00. The fraction of sp³-hybridized carbons (Fsp3) is 0.562. The first-order valence-electron chi connectivity index (χ1n) is 7.97. The van der Waals surface area contributed by atoms with E-state index in [1.807, 2.05) is 6.92 Å². The molecule has 2 amide bonds. The van der Waals surface area contributed by atoms with Gasteiger partial charge in [-0.25, -0.2) is 13.2 Å². The van der Waals surface area contributed by atoms with Gasteiger partial charge in [0, 0.05) is 12.6 Å². The largest absolute Gasteiger partial charge is 0.497 e. The molecule has 1 aliphatic heterocycles. The second-order valence-electron chi connectivity index (χ2n) is 5.60. The van der Waals surface area contributed by atoms with Crippen LogP contribution in [-0.2, 0) is 9.84 Å². The lowest BCUT2D eigenvalue weighted by atomic mass is 10.2. The van der Waals surface area contributed by atoms with E-state index in [1.165, 1.54) is 0 Å². The lowest BCUT2D eigenvalue weighted by Crippen LogP contribution is -2.47. The van der Waals surface area contributed by atoms with Gasteiger partial charge in [0.1, 0.15) is 18.1 Å². The predicted molar refractivity (Wildman–Crippen MR) is 91.3 cm³/mol. The molecule has 0 saturated carbocycles. The van der Waals surface area contributed by atoms with Gasteiger partial charge in [-0.1, -0.05) is 0 Å². The Balaban J connectivity index is 1.75. The number of ether oxygens (including phenoxy) is 2. The van der Waals surface area contributed by atoms with Gasteiger partial charge in [0.25, 0.3) is 0 Å². The first-order valence-corrected chi connectivity index (χ1v) is 9.79. The molecule has 0 radical (unpaired) electrons. The summed E-state index contributed by atoms with van der Waals surface area (Å²) in [5.41, 5.74) is 0. The van der Waals surface area contributed by atoms with Crippen LogP contribution < -0.4 is 14.8 Å². The van der Waals surface area contributed by atoms with Gasteiger partial charge in [-0.2, -0.15) is 0 Å². The van der Waals surface area contributed by atoms with Crippen molar-refractivity contribution in [1.82, 2.24) is 10.2 Å². The lowest BCUT2D eigenvalue weighted by Gasteiger charge is -2.27. The number of carbonyl (C=O) groups is 1. The number of urea groups is 1.